The number of hydrogen-bond donors (Lipinski definition) is 0. The van der Waals surface area contributed by atoms with Crippen LogP contribution in [0.25, 0.3) is 0 Å². The lowest BCUT2D eigenvalue weighted by Crippen LogP contribution is -2.19. The van der Waals surface area contributed by atoms with Crippen LogP contribution < -0.4 is 0 Å². The Morgan fingerprint density at radius 1 is 1.17 bits per heavy atom. The molecule has 0 heterocycles. The average Bonchev–Trinajstić information content (AvgIpc) is 1.97. The molecule has 0 N–H and O–H groups in total. The first-order valence-corrected chi connectivity index (χ1v) is 4.37. The second-order valence-electron chi connectivity index (χ2n) is 3.48. The Morgan fingerprint density at radius 3 is 2.17 bits per heavy atom. The maximum absolute atomic E-state index is 4.41. The molecule has 0 spiro atoms. The Hall–Kier alpha value is -0.570. The smallest absolute Gasteiger partial charge is 0.0952 e. The van der Waals surface area contributed by atoms with Gasteiger partial charge in [0.05, 0.1) is 5.84 Å². The molecule has 72 valence electrons. The zero-order chi connectivity index (χ0) is 9.56. The molecule has 3 nitrogen and oxygen atoms in total. The van der Waals surface area contributed by atoms with Crippen molar-refractivity contribution in [2.45, 2.75) is 13.3 Å². The maximum atomic E-state index is 4.41. The van der Waals surface area contributed by atoms with Crippen LogP contribution >= 0.6 is 0 Å². The second kappa shape index (κ2) is 6.00. The first-order chi connectivity index (χ1) is 5.54. The van der Waals surface area contributed by atoms with E-state index in [-0.39, 0.29) is 0 Å². The van der Waals surface area contributed by atoms with Gasteiger partial charge in [0.1, 0.15) is 0 Å². The topological polar surface area (TPSA) is 18.8 Å². The van der Waals surface area contributed by atoms with Crippen molar-refractivity contribution in [1.82, 2.24) is 9.80 Å². The zero-order valence-corrected chi connectivity index (χ0v) is 8.96. The molecule has 0 aromatic heterocycles. The van der Waals surface area contributed by atoms with Crippen molar-refractivity contribution in [3.05, 3.63) is 0 Å². The summed E-state index contributed by atoms with van der Waals surface area (Å²) < 4.78 is 0. The summed E-state index contributed by atoms with van der Waals surface area (Å²) in [5.74, 6) is 1.11. The van der Waals surface area contributed by atoms with Crippen molar-refractivity contribution in [2.75, 3.05) is 41.3 Å². The van der Waals surface area contributed by atoms with Gasteiger partial charge >= 0.3 is 0 Å². The standard InChI is InChI=1S/C9H21N3/c1-9(12(4)5)10-7-6-8-11(2)3/h6-8H2,1-5H3. The minimum Gasteiger partial charge on any atom is -0.367 e. The van der Waals surface area contributed by atoms with Crippen molar-refractivity contribution in [2.24, 2.45) is 4.99 Å². The quantitative estimate of drug-likeness (QED) is 0.356. The summed E-state index contributed by atoms with van der Waals surface area (Å²) in [7, 11) is 8.21. The van der Waals surface area contributed by atoms with Crippen molar-refractivity contribution in [3.8, 4) is 0 Å². The van der Waals surface area contributed by atoms with Crippen molar-refractivity contribution >= 4 is 5.84 Å². The summed E-state index contributed by atoms with van der Waals surface area (Å²) >= 11 is 0. The molecular weight excluding hydrogens is 150 g/mol. The SMILES string of the molecule is CC(=NCCCN(C)C)N(C)C. The van der Waals surface area contributed by atoms with Crippen LogP contribution in [0.5, 0.6) is 0 Å². The predicted molar refractivity (Wildman–Crippen MR) is 54.8 cm³/mol. The van der Waals surface area contributed by atoms with E-state index in [0.29, 0.717) is 0 Å². The van der Waals surface area contributed by atoms with Crippen LogP contribution in [0.1, 0.15) is 13.3 Å². The summed E-state index contributed by atoms with van der Waals surface area (Å²) in [6.45, 7) is 4.09. The van der Waals surface area contributed by atoms with Crippen LogP contribution in [0.3, 0.4) is 0 Å². The fraction of sp³-hybridized carbons (Fsp3) is 0.889. The first kappa shape index (κ1) is 11.4. The molecule has 0 unspecified atom stereocenters. The Kier molecular flexibility index (Phi) is 5.72. The molecule has 0 saturated heterocycles. The summed E-state index contributed by atoms with van der Waals surface area (Å²) in [6, 6.07) is 0. The van der Waals surface area contributed by atoms with Gasteiger partial charge in [0.15, 0.2) is 0 Å². The van der Waals surface area contributed by atoms with Crippen LogP contribution in [0.15, 0.2) is 4.99 Å². The fourth-order valence-corrected chi connectivity index (χ4v) is 0.769. The van der Waals surface area contributed by atoms with Gasteiger partial charge in [-0.3, -0.25) is 4.99 Å². The van der Waals surface area contributed by atoms with Crippen LogP contribution in [0.2, 0.25) is 0 Å². The molecule has 0 aliphatic carbocycles. The monoisotopic (exact) mass is 171 g/mol. The highest BCUT2D eigenvalue weighted by atomic mass is 15.1. The molecule has 0 rings (SSSR count). The maximum Gasteiger partial charge on any atom is 0.0952 e. The largest absolute Gasteiger partial charge is 0.367 e. The van der Waals surface area contributed by atoms with Gasteiger partial charge in [-0.2, -0.15) is 0 Å². The second-order valence-corrected chi connectivity index (χ2v) is 3.48. The Morgan fingerprint density at radius 2 is 1.75 bits per heavy atom. The van der Waals surface area contributed by atoms with Gasteiger partial charge < -0.3 is 9.80 Å². The van der Waals surface area contributed by atoms with E-state index in [2.05, 4.69) is 24.0 Å². The van der Waals surface area contributed by atoms with Crippen molar-refractivity contribution < 1.29 is 0 Å². The summed E-state index contributed by atoms with van der Waals surface area (Å²) in [5.41, 5.74) is 0. The molecule has 12 heavy (non-hydrogen) atoms. The van der Waals surface area contributed by atoms with Crippen molar-refractivity contribution in [3.63, 3.8) is 0 Å². The molecule has 0 aromatic carbocycles. The van der Waals surface area contributed by atoms with E-state index in [1.165, 1.54) is 0 Å². The molecule has 0 bridgehead atoms. The van der Waals surface area contributed by atoms with E-state index >= 15 is 0 Å². The van der Waals surface area contributed by atoms with E-state index in [1.807, 2.05) is 25.9 Å². The first-order valence-electron chi connectivity index (χ1n) is 4.37. The average molecular weight is 171 g/mol. The lowest BCUT2D eigenvalue weighted by atomic mass is 10.4. The zero-order valence-electron chi connectivity index (χ0n) is 8.96. The lowest BCUT2D eigenvalue weighted by molar-refractivity contribution is 0.403. The lowest BCUT2D eigenvalue weighted by Gasteiger charge is -2.11. The molecule has 0 atom stereocenters. The van der Waals surface area contributed by atoms with Gasteiger partial charge in [-0.05, 0) is 34.0 Å². The van der Waals surface area contributed by atoms with E-state index in [9.17, 15) is 0 Å². The molecule has 0 aromatic rings. The number of rotatable bonds is 4. The summed E-state index contributed by atoms with van der Waals surface area (Å²) in [5, 5.41) is 0. The minimum absolute atomic E-state index is 0.933. The van der Waals surface area contributed by atoms with E-state index < -0.39 is 0 Å². The molecule has 0 aliphatic rings. The molecular formula is C9H21N3. The Bertz CT molecular complexity index is 139. The number of hydrogen-bond acceptors (Lipinski definition) is 2. The number of nitrogens with zero attached hydrogens (tertiary/aromatic N) is 3. The van der Waals surface area contributed by atoms with E-state index in [1.54, 1.807) is 0 Å². The van der Waals surface area contributed by atoms with Crippen LogP contribution in [-0.4, -0.2) is 56.9 Å². The molecule has 0 radical (unpaired) electrons. The number of amidine groups is 1. The molecule has 0 amide bonds. The third kappa shape index (κ3) is 6.16. The third-order valence-corrected chi connectivity index (χ3v) is 1.75. The molecule has 0 saturated carbocycles. The summed E-state index contributed by atoms with van der Waals surface area (Å²) in [6.07, 6.45) is 1.14. The highest BCUT2D eigenvalue weighted by Gasteiger charge is 1.92. The summed E-state index contributed by atoms with van der Waals surface area (Å²) in [4.78, 5) is 8.63. The van der Waals surface area contributed by atoms with Crippen LogP contribution in [0.4, 0.5) is 0 Å². The van der Waals surface area contributed by atoms with Crippen LogP contribution in [-0.2, 0) is 0 Å². The van der Waals surface area contributed by atoms with Gasteiger partial charge in [0.2, 0.25) is 0 Å². The van der Waals surface area contributed by atoms with Gasteiger partial charge in [-0.1, -0.05) is 0 Å². The molecule has 3 heteroatoms. The Balaban J connectivity index is 3.47. The van der Waals surface area contributed by atoms with Gasteiger partial charge in [0, 0.05) is 20.6 Å². The van der Waals surface area contributed by atoms with Crippen molar-refractivity contribution in [1.29, 1.82) is 0 Å². The highest BCUT2D eigenvalue weighted by Crippen LogP contribution is 1.87. The third-order valence-electron chi connectivity index (χ3n) is 1.75. The fourth-order valence-electron chi connectivity index (χ4n) is 0.769. The highest BCUT2D eigenvalue weighted by molar-refractivity contribution is 5.79. The predicted octanol–water partition coefficient (Wildman–Crippen LogP) is 0.918. The van der Waals surface area contributed by atoms with E-state index in [0.717, 1.165) is 25.3 Å². The van der Waals surface area contributed by atoms with Crippen LogP contribution in [0, 0.1) is 0 Å². The van der Waals surface area contributed by atoms with Gasteiger partial charge in [0.25, 0.3) is 0 Å². The van der Waals surface area contributed by atoms with Gasteiger partial charge in [-0.15, -0.1) is 0 Å². The minimum atomic E-state index is 0.933. The van der Waals surface area contributed by atoms with Gasteiger partial charge in [-0.25, -0.2) is 0 Å². The molecule has 0 fully saturated rings. The normalized spacial score (nSPS) is 12.3. The number of aliphatic imine (C=N–C) groups is 1. The van der Waals surface area contributed by atoms with E-state index in [4.69, 9.17) is 0 Å². The molecule has 0 aliphatic heterocycles. The Labute approximate surface area is 76.1 Å².